The minimum absolute atomic E-state index is 0.0407. The normalized spacial score (nSPS) is 14.5. The number of fused-ring (bicyclic) bond motifs is 1. The molecule has 2 aromatic carbocycles. The largest absolute Gasteiger partial charge is 0.497 e. The number of benzene rings is 2. The molecule has 0 radical (unpaired) electrons. The number of amides is 1. The fraction of sp³-hybridized carbons (Fsp3) is 0.300. The van der Waals surface area contributed by atoms with Gasteiger partial charge in [-0.1, -0.05) is 5.16 Å². The van der Waals surface area contributed by atoms with Crippen molar-refractivity contribution in [2.45, 2.75) is 4.90 Å². The highest BCUT2D eigenvalue weighted by atomic mass is 32.2. The molecule has 11 heteroatoms. The third-order valence-corrected chi connectivity index (χ3v) is 6.24. The van der Waals surface area contributed by atoms with Crippen LogP contribution in [0.4, 0.5) is 5.69 Å². The second-order valence-corrected chi connectivity index (χ2v) is 8.48. The van der Waals surface area contributed by atoms with Crippen molar-refractivity contribution >= 4 is 32.6 Å². The second-order valence-electron chi connectivity index (χ2n) is 6.80. The van der Waals surface area contributed by atoms with Crippen LogP contribution in [0, 0.1) is 0 Å². The first-order valence-corrected chi connectivity index (χ1v) is 10.9. The summed E-state index contributed by atoms with van der Waals surface area (Å²) in [5.41, 5.74) is 0.654. The molecular weight excluding hydrogens is 426 g/mol. The number of ether oxygens (including phenoxy) is 3. The molecule has 1 saturated heterocycles. The molecule has 0 bridgehead atoms. The number of anilines is 1. The van der Waals surface area contributed by atoms with Gasteiger partial charge in [-0.05, 0) is 18.2 Å². The van der Waals surface area contributed by atoms with Crippen molar-refractivity contribution in [2.75, 3.05) is 45.2 Å². The van der Waals surface area contributed by atoms with Crippen LogP contribution in [0.5, 0.6) is 11.5 Å². The van der Waals surface area contributed by atoms with Crippen LogP contribution in [-0.4, -0.2) is 64.9 Å². The zero-order valence-corrected chi connectivity index (χ0v) is 17.8. The van der Waals surface area contributed by atoms with E-state index >= 15 is 0 Å². The zero-order valence-electron chi connectivity index (χ0n) is 17.0. The third kappa shape index (κ3) is 4.28. The third-order valence-electron chi connectivity index (χ3n) is 4.86. The predicted molar refractivity (Wildman–Crippen MR) is 111 cm³/mol. The van der Waals surface area contributed by atoms with Crippen LogP contribution < -0.4 is 14.2 Å². The molecule has 0 atom stereocenters. The highest BCUT2D eigenvalue weighted by Crippen LogP contribution is 2.29. The van der Waals surface area contributed by atoms with Gasteiger partial charge in [0, 0.05) is 31.3 Å². The highest BCUT2D eigenvalue weighted by molar-refractivity contribution is 7.92. The maximum Gasteiger partial charge on any atom is 0.276 e. The fourth-order valence-corrected chi connectivity index (χ4v) is 4.30. The van der Waals surface area contributed by atoms with Crippen LogP contribution in [0.3, 0.4) is 0 Å². The minimum Gasteiger partial charge on any atom is -0.497 e. The Hall–Kier alpha value is -3.31. The van der Waals surface area contributed by atoms with Gasteiger partial charge in [-0.3, -0.25) is 9.52 Å². The number of hydrogen-bond donors (Lipinski definition) is 1. The summed E-state index contributed by atoms with van der Waals surface area (Å²) in [6.07, 6.45) is 0. The van der Waals surface area contributed by atoms with E-state index in [0.29, 0.717) is 48.8 Å². The van der Waals surface area contributed by atoms with Gasteiger partial charge in [0.2, 0.25) is 0 Å². The van der Waals surface area contributed by atoms with Gasteiger partial charge in [-0.2, -0.15) is 0 Å². The lowest BCUT2D eigenvalue weighted by Crippen LogP contribution is -2.40. The van der Waals surface area contributed by atoms with Gasteiger partial charge in [-0.15, -0.1) is 0 Å². The van der Waals surface area contributed by atoms with Gasteiger partial charge >= 0.3 is 0 Å². The summed E-state index contributed by atoms with van der Waals surface area (Å²) in [4.78, 5) is 14.4. The topological polar surface area (TPSA) is 120 Å². The average Bonchev–Trinajstić information content (AvgIpc) is 3.22. The lowest BCUT2D eigenvalue weighted by Gasteiger charge is -2.25. The Labute approximate surface area is 178 Å². The highest BCUT2D eigenvalue weighted by Gasteiger charge is 2.25. The smallest absolute Gasteiger partial charge is 0.276 e. The number of aromatic nitrogens is 1. The first kappa shape index (κ1) is 20.9. The molecule has 1 aliphatic rings. The molecule has 10 nitrogen and oxygen atoms in total. The molecule has 0 aliphatic carbocycles. The van der Waals surface area contributed by atoms with Gasteiger partial charge in [0.25, 0.3) is 15.9 Å². The Kier molecular flexibility index (Phi) is 5.70. The van der Waals surface area contributed by atoms with Gasteiger partial charge in [0.15, 0.2) is 11.3 Å². The number of rotatable bonds is 6. The summed E-state index contributed by atoms with van der Waals surface area (Å²) in [7, 11) is -1.03. The Morgan fingerprint density at radius 2 is 1.74 bits per heavy atom. The van der Waals surface area contributed by atoms with Crippen LogP contribution in [-0.2, 0) is 14.8 Å². The second kappa shape index (κ2) is 8.44. The summed E-state index contributed by atoms with van der Waals surface area (Å²) >= 11 is 0. The molecule has 1 N–H and O–H groups in total. The molecule has 1 aromatic heterocycles. The van der Waals surface area contributed by atoms with Gasteiger partial charge in [-0.25, -0.2) is 8.42 Å². The van der Waals surface area contributed by atoms with Crippen molar-refractivity contribution in [3.05, 3.63) is 42.1 Å². The molecule has 1 amide bonds. The lowest BCUT2D eigenvalue weighted by atomic mass is 10.2. The van der Waals surface area contributed by atoms with E-state index in [9.17, 15) is 13.2 Å². The minimum atomic E-state index is -3.98. The van der Waals surface area contributed by atoms with Crippen molar-refractivity contribution in [3.8, 4) is 11.5 Å². The average molecular weight is 447 g/mol. The molecule has 0 saturated carbocycles. The monoisotopic (exact) mass is 447 g/mol. The SMILES string of the molecule is COc1cc(NS(=O)(=O)c2ccc3onc(C(=O)N4CCOCC4)c3c2)cc(OC)c1. The molecule has 1 fully saturated rings. The summed E-state index contributed by atoms with van der Waals surface area (Å²) in [5, 5.41) is 4.19. The van der Waals surface area contributed by atoms with Gasteiger partial charge < -0.3 is 23.6 Å². The quantitative estimate of drug-likeness (QED) is 0.610. The van der Waals surface area contributed by atoms with E-state index in [1.165, 1.54) is 44.6 Å². The van der Waals surface area contributed by atoms with Crippen LogP contribution in [0.25, 0.3) is 11.0 Å². The number of hydrogen-bond acceptors (Lipinski definition) is 8. The number of nitrogens with zero attached hydrogens (tertiary/aromatic N) is 2. The lowest BCUT2D eigenvalue weighted by molar-refractivity contribution is 0.0297. The number of morpholine rings is 1. The van der Waals surface area contributed by atoms with Gasteiger partial charge in [0.05, 0.1) is 43.4 Å². The molecule has 0 spiro atoms. The van der Waals surface area contributed by atoms with E-state index in [1.807, 2.05) is 0 Å². The standard InChI is InChI=1S/C20H21N3O7S/c1-27-14-9-13(10-15(11-14)28-2)22-31(25,26)16-3-4-18-17(12-16)19(21-30-18)20(24)23-5-7-29-8-6-23/h3-4,9-12,22H,5-8H2,1-2H3. The van der Waals surface area contributed by atoms with Crippen LogP contribution in [0.15, 0.2) is 45.8 Å². The molecule has 1 aliphatic heterocycles. The number of carbonyl (C=O) groups excluding carboxylic acids is 1. The van der Waals surface area contributed by atoms with E-state index in [0.717, 1.165) is 0 Å². The fourth-order valence-electron chi connectivity index (χ4n) is 3.24. The van der Waals surface area contributed by atoms with Crippen molar-refractivity contribution in [1.82, 2.24) is 10.1 Å². The van der Waals surface area contributed by atoms with E-state index in [1.54, 1.807) is 11.0 Å². The Morgan fingerprint density at radius 1 is 1.06 bits per heavy atom. The van der Waals surface area contributed by atoms with Crippen molar-refractivity contribution in [2.24, 2.45) is 0 Å². The molecule has 164 valence electrons. The van der Waals surface area contributed by atoms with E-state index in [-0.39, 0.29) is 22.2 Å². The molecular formula is C20H21N3O7S. The Bertz CT molecular complexity index is 1190. The summed E-state index contributed by atoms with van der Waals surface area (Å²) in [6.45, 7) is 1.75. The predicted octanol–water partition coefficient (Wildman–Crippen LogP) is 2.12. The van der Waals surface area contributed by atoms with Crippen molar-refractivity contribution < 1.29 is 31.9 Å². The van der Waals surface area contributed by atoms with E-state index in [4.69, 9.17) is 18.7 Å². The van der Waals surface area contributed by atoms with Crippen LogP contribution in [0.2, 0.25) is 0 Å². The number of sulfonamides is 1. The maximum absolute atomic E-state index is 13.0. The maximum atomic E-state index is 13.0. The van der Waals surface area contributed by atoms with E-state index < -0.39 is 10.0 Å². The molecule has 3 aromatic rings. The Balaban J connectivity index is 1.66. The Morgan fingerprint density at radius 3 is 2.39 bits per heavy atom. The summed E-state index contributed by atoms with van der Waals surface area (Å²) in [5.74, 6) is 0.539. The number of nitrogens with one attached hydrogen (secondary N) is 1. The molecule has 0 unspecified atom stereocenters. The molecule has 31 heavy (non-hydrogen) atoms. The van der Waals surface area contributed by atoms with E-state index in [2.05, 4.69) is 9.88 Å². The first-order valence-electron chi connectivity index (χ1n) is 9.43. The van der Waals surface area contributed by atoms with Crippen LogP contribution in [0.1, 0.15) is 10.5 Å². The molecule has 4 rings (SSSR count). The number of methoxy groups -OCH3 is 2. The van der Waals surface area contributed by atoms with Gasteiger partial charge in [0.1, 0.15) is 11.5 Å². The van der Waals surface area contributed by atoms with Crippen molar-refractivity contribution in [3.63, 3.8) is 0 Å². The van der Waals surface area contributed by atoms with Crippen LogP contribution >= 0.6 is 0 Å². The summed E-state index contributed by atoms with van der Waals surface area (Å²) < 4.78 is 49.3. The van der Waals surface area contributed by atoms with Crippen molar-refractivity contribution in [1.29, 1.82) is 0 Å². The first-order chi connectivity index (χ1) is 14.9. The number of carbonyl (C=O) groups is 1. The summed E-state index contributed by atoms with van der Waals surface area (Å²) in [6, 6.07) is 8.93. The molecule has 2 heterocycles. The zero-order chi connectivity index (χ0) is 22.0.